The van der Waals surface area contributed by atoms with Gasteiger partial charge in [0.1, 0.15) is 0 Å². The average Bonchev–Trinajstić information content (AvgIpc) is 3.03. The molecule has 2 aromatic rings. The number of anilines is 1. The summed E-state index contributed by atoms with van der Waals surface area (Å²) in [6.45, 7) is 7.84. The van der Waals surface area contributed by atoms with Crippen molar-refractivity contribution in [2.24, 2.45) is 0 Å². The van der Waals surface area contributed by atoms with Gasteiger partial charge in [-0.2, -0.15) is 0 Å². The van der Waals surface area contributed by atoms with Gasteiger partial charge in [-0.15, -0.1) is 10.2 Å². The summed E-state index contributed by atoms with van der Waals surface area (Å²) >= 11 is 0. The first-order valence-electron chi connectivity index (χ1n) is 7.80. The molecular formula is C17H24N4O3. The lowest BCUT2D eigenvalue weighted by molar-refractivity contribution is 0.00963. The Morgan fingerprint density at radius 1 is 1.42 bits per heavy atom. The standard InChI is InChI=1S/C17H24N4O3/c1-11-6-7-13(15-21-18-10-24-15)8-14(11)20-16(22)19-12(2)9-17(3,4)23-5/h6-8,10,12H,9H2,1-5H3,(H2,19,20,22)/t12-/m1/s1. The van der Waals surface area contributed by atoms with Gasteiger partial charge >= 0.3 is 6.03 Å². The molecule has 1 heterocycles. The van der Waals surface area contributed by atoms with Gasteiger partial charge in [-0.25, -0.2) is 4.79 Å². The minimum Gasteiger partial charge on any atom is -0.423 e. The number of hydrogen-bond acceptors (Lipinski definition) is 5. The Hall–Kier alpha value is -2.41. The fourth-order valence-corrected chi connectivity index (χ4v) is 2.44. The Morgan fingerprint density at radius 3 is 2.79 bits per heavy atom. The molecule has 0 radical (unpaired) electrons. The molecule has 1 aromatic carbocycles. The molecule has 7 heteroatoms. The molecule has 0 aliphatic rings. The zero-order valence-electron chi connectivity index (χ0n) is 14.7. The lowest BCUT2D eigenvalue weighted by Crippen LogP contribution is -2.41. The van der Waals surface area contributed by atoms with Crippen molar-refractivity contribution < 1.29 is 13.9 Å². The largest absolute Gasteiger partial charge is 0.423 e. The van der Waals surface area contributed by atoms with Crippen LogP contribution in [-0.4, -0.2) is 35.0 Å². The number of amides is 2. The first-order valence-corrected chi connectivity index (χ1v) is 7.80. The van der Waals surface area contributed by atoms with Crippen molar-refractivity contribution >= 4 is 11.7 Å². The van der Waals surface area contributed by atoms with Gasteiger partial charge in [-0.1, -0.05) is 6.07 Å². The molecular weight excluding hydrogens is 308 g/mol. The number of ether oxygens (including phenoxy) is 1. The molecule has 1 aromatic heterocycles. The molecule has 2 rings (SSSR count). The molecule has 0 fully saturated rings. The van der Waals surface area contributed by atoms with Crippen LogP contribution in [-0.2, 0) is 4.74 Å². The van der Waals surface area contributed by atoms with E-state index in [0.29, 0.717) is 18.0 Å². The van der Waals surface area contributed by atoms with E-state index >= 15 is 0 Å². The second-order valence-corrected chi connectivity index (χ2v) is 6.44. The van der Waals surface area contributed by atoms with Gasteiger partial charge in [-0.3, -0.25) is 0 Å². The Morgan fingerprint density at radius 2 is 2.17 bits per heavy atom. The Balaban J connectivity index is 2.02. The number of urea groups is 1. The zero-order chi connectivity index (χ0) is 17.7. The maximum absolute atomic E-state index is 12.2. The van der Waals surface area contributed by atoms with Gasteiger partial charge in [0.25, 0.3) is 0 Å². The summed E-state index contributed by atoms with van der Waals surface area (Å²) in [5.41, 5.74) is 2.10. The van der Waals surface area contributed by atoms with Crippen LogP contribution in [0.5, 0.6) is 0 Å². The van der Waals surface area contributed by atoms with E-state index in [0.717, 1.165) is 11.1 Å². The molecule has 1 atom stereocenters. The lowest BCUT2D eigenvalue weighted by Gasteiger charge is -2.27. The van der Waals surface area contributed by atoms with E-state index in [9.17, 15) is 4.79 Å². The first kappa shape index (κ1) is 17.9. The van der Waals surface area contributed by atoms with E-state index in [1.54, 1.807) is 7.11 Å². The summed E-state index contributed by atoms with van der Waals surface area (Å²) in [7, 11) is 1.67. The van der Waals surface area contributed by atoms with Crippen LogP contribution < -0.4 is 10.6 Å². The monoisotopic (exact) mass is 332 g/mol. The molecule has 0 spiro atoms. The molecule has 0 unspecified atom stereocenters. The number of benzene rings is 1. The molecule has 2 amide bonds. The third-order valence-electron chi connectivity index (χ3n) is 3.82. The quantitative estimate of drug-likeness (QED) is 0.846. The van der Waals surface area contributed by atoms with Gasteiger partial charge in [0.2, 0.25) is 12.3 Å². The van der Waals surface area contributed by atoms with Gasteiger partial charge in [0.15, 0.2) is 0 Å². The number of aryl methyl sites for hydroxylation is 1. The van der Waals surface area contributed by atoms with Crippen molar-refractivity contribution in [1.29, 1.82) is 0 Å². The topological polar surface area (TPSA) is 89.3 Å². The highest BCUT2D eigenvalue weighted by molar-refractivity contribution is 5.91. The third-order valence-corrected chi connectivity index (χ3v) is 3.82. The molecule has 0 aliphatic carbocycles. The van der Waals surface area contributed by atoms with E-state index in [1.165, 1.54) is 6.39 Å². The van der Waals surface area contributed by atoms with Crippen LogP contribution in [0.25, 0.3) is 11.5 Å². The van der Waals surface area contributed by atoms with E-state index < -0.39 is 0 Å². The number of nitrogens with zero attached hydrogens (tertiary/aromatic N) is 2. The maximum atomic E-state index is 12.2. The summed E-state index contributed by atoms with van der Waals surface area (Å²) in [5, 5.41) is 13.3. The van der Waals surface area contributed by atoms with Crippen molar-refractivity contribution in [2.75, 3.05) is 12.4 Å². The fraction of sp³-hybridized carbons (Fsp3) is 0.471. The van der Waals surface area contributed by atoms with Gasteiger partial charge < -0.3 is 19.8 Å². The smallest absolute Gasteiger partial charge is 0.319 e. The maximum Gasteiger partial charge on any atom is 0.319 e. The molecule has 0 bridgehead atoms. The number of carbonyl (C=O) groups excluding carboxylic acids is 1. The highest BCUT2D eigenvalue weighted by atomic mass is 16.5. The number of nitrogens with one attached hydrogen (secondary N) is 2. The molecule has 0 saturated carbocycles. The molecule has 7 nitrogen and oxygen atoms in total. The van der Waals surface area contributed by atoms with Crippen LogP contribution in [0.15, 0.2) is 29.0 Å². The van der Waals surface area contributed by atoms with Crippen LogP contribution in [0.4, 0.5) is 10.5 Å². The van der Waals surface area contributed by atoms with E-state index in [2.05, 4.69) is 20.8 Å². The minimum absolute atomic E-state index is 0.0284. The number of aromatic nitrogens is 2. The predicted molar refractivity (Wildman–Crippen MR) is 91.8 cm³/mol. The van der Waals surface area contributed by atoms with Crippen molar-refractivity contribution in [3.63, 3.8) is 0 Å². The summed E-state index contributed by atoms with van der Waals surface area (Å²) in [5.74, 6) is 0.411. The van der Waals surface area contributed by atoms with Crippen LogP contribution in [0.2, 0.25) is 0 Å². The predicted octanol–water partition coefficient (Wildman–Crippen LogP) is 3.37. The molecule has 0 aliphatic heterocycles. The molecule has 130 valence electrons. The lowest BCUT2D eigenvalue weighted by atomic mass is 10.00. The van der Waals surface area contributed by atoms with Crippen LogP contribution >= 0.6 is 0 Å². The Labute approximate surface area is 141 Å². The number of hydrogen-bond donors (Lipinski definition) is 2. The van der Waals surface area contributed by atoms with Crippen molar-refractivity contribution in [1.82, 2.24) is 15.5 Å². The van der Waals surface area contributed by atoms with Crippen LogP contribution in [0.1, 0.15) is 32.8 Å². The first-order chi connectivity index (χ1) is 11.3. The highest BCUT2D eigenvalue weighted by Gasteiger charge is 2.21. The minimum atomic E-state index is -0.291. The number of methoxy groups -OCH3 is 1. The number of carbonyl (C=O) groups is 1. The van der Waals surface area contributed by atoms with E-state index in [-0.39, 0.29) is 17.7 Å². The molecule has 24 heavy (non-hydrogen) atoms. The molecule has 2 N–H and O–H groups in total. The zero-order valence-corrected chi connectivity index (χ0v) is 14.7. The second kappa shape index (κ2) is 7.44. The van der Waals surface area contributed by atoms with Gasteiger partial charge in [0, 0.05) is 24.4 Å². The SMILES string of the molecule is COC(C)(C)C[C@@H](C)NC(=O)Nc1cc(-c2nnco2)ccc1C. The normalized spacial score (nSPS) is 12.7. The second-order valence-electron chi connectivity index (χ2n) is 6.44. The third kappa shape index (κ3) is 4.79. The van der Waals surface area contributed by atoms with E-state index in [1.807, 2.05) is 45.9 Å². The van der Waals surface area contributed by atoms with Crippen molar-refractivity contribution in [2.45, 2.75) is 45.8 Å². The Kier molecular flexibility index (Phi) is 5.56. The van der Waals surface area contributed by atoms with Gasteiger partial charge in [-0.05, 0) is 51.8 Å². The van der Waals surface area contributed by atoms with E-state index in [4.69, 9.17) is 9.15 Å². The summed E-state index contributed by atoms with van der Waals surface area (Å²) in [6.07, 6.45) is 1.98. The van der Waals surface area contributed by atoms with Gasteiger partial charge in [0.05, 0.1) is 5.60 Å². The van der Waals surface area contributed by atoms with Crippen molar-refractivity contribution in [3.05, 3.63) is 30.2 Å². The summed E-state index contributed by atoms with van der Waals surface area (Å²) in [4.78, 5) is 12.2. The summed E-state index contributed by atoms with van der Waals surface area (Å²) < 4.78 is 10.6. The van der Waals surface area contributed by atoms with Crippen LogP contribution in [0.3, 0.4) is 0 Å². The van der Waals surface area contributed by atoms with Crippen LogP contribution in [0, 0.1) is 6.92 Å². The number of rotatable bonds is 6. The fourth-order valence-electron chi connectivity index (χ4n) is 2.44. The Bertz CT molecular complexity index is 683. The summed E-state index contributed by atoms with van der Waals surface area (Å²) in [6, 6.07) is 5.29. The average molecular weight is 332 g/mol. The molecule has 0 saturated heterocycles. The van der Waals surface area contributed by atoms with Crippen molar-refractivity contribution in [3.8, 4) is 11.5 Å². The highest BCUT2D eigenvalue weighted by Crippen LogP contribution is 2.24.